The number of hydrogen-bond acceptors (Lipinski definition) is 6. The molecule has 0 aromatic heterocycles. The normalized spacial score (nSPS) is 47.8. The largest absolute Gasteiger partial charge is 0.394 e. The quantitative estimate of drug-likeness (QED) is 0.422. The molecule has 1 saturated heterocycles. The second-order valence-corrected chi connectivity index (χ2v) is 8.98. The zero-order chi connectivity index (χ0) is 19.5. The van der Waals surface area contributed by atoms with Crippen molar-refractivity contribution < 1.29 is 30.0 Å². The molecule has 6 heteroatoms. The van der Waals surface area contributed by atoms with Gasteiger partial charge in [-0.25, -0.2) is 0 Å². The van der Waals surface area contributed by atoms with E-state index < -0.39 is 41.3 Å². The van der Waals surface area contributed by atoms with Crippen LogP contribution in [0.3, 0.4) is 0 Å². The SMILES string of the molecule is CC1=CCCC2C1(C)C(=O)C(O)C(C)C2(C)CC(O)C1(C(O)CO)CO1. The summed E-state index contributed by atoms with van der Waals surface area (Å²) in [7, 11) is 0. The Morgan fingerprint density at radius 2 is 1.92 bits per heavy atom. The van der Waals surface area contributed by atoms with Gasteiger partial charge in [0.05, 0.1) is 24.7 Å². The van der Waals surface area contributed by atoms with Gasteiger partial charge in [0.25, 0.3) is 0 Å². The van der Waals surface area contributed by atoms with Gasteiger partial charge in [0.15, 0.2) is 5.78 Å². The Morgan fingerprint density at radius 3 is 2.46 bits per heavy atom. The lowest BCUT2D eigenvalue weighted by Crippen LogP contribution is -2.62. The van der Waals surface area contributed by atoms with Crippen LogP contribution in [0.15, 0.2) is 11.6 Å². The molecular weight excluding hydrogens is 336 g/mol. The van der Waals surface area contributed by atoms with Crippen LogP contribution in [0, 0.1) is 22.7 Å². The van der Waals surface area contributed by atoms with Crippen molar-refractivity contribution in [3.63, 3.8) is 0 Å². The highest BCUT2D eigenvalue weighted by molar-refractivity contribution is 5.93. The molecule has 1 saturated carbocycles. The van der Waals surface area contributed by atoms with Crippen molar-refractivity contribution in [1.29, 1.82) is 0 Å². The smallest absolute Gasteiger partial charge is 0.171 e. The van der Waals surface area contributed by atoms with E-state index in [0.717, 1.165) is 18.4 Å². The van der Waals surface area contributed by atoms with E-state index in [0.29, 0.717) is 6.42 Å². The Morgan fingerprint density at radius 1 is 1.31 bits per heavy atom. The van der Waals surface area contributed by atoms with E-state index in [2.05, 4.69) is 6.08 Å². The van der Waals surface area contributed by atoms with E-state index in [9.17, 15) is 25.2 Å². The van der Waals surface area contributed by atoms with Gasteiger partial charge in [-0.05, 0) is 50.4 Å². The van der Waals surface area contributed by atoms with Crippen LogP contribution in [0.2, 0.25) is 0 Å². The lowest BCUT2D eigenvalue weighted by atomic mass is 9.45. The number of carbonyl (C=O) groups excluding carboxylic acids is 1. The van der Waals surface area contributed by atoms with Gasteiger partial charge in [-0.15, -0.1) is 0 Å². The van der Waals surface area contributed by atoms with Crippen molar-refractivity contribution >= 4 is 5.78 Å². The highest BCUT2D eigenvalue weighted by Gasteiger charge is 2.64. The lowest BCUT2D eigenvalue weighted by molar-refractivity contribution is -0.170. The zero-order valence-corrected chi connectivity index (χ0v) is 16.1. The van der Waals surface area contributed by atoms with Gasteiger partial charge in [-0.3, -0.25) is 4.79 Å². The van der Waals surface area contributed by atoms with Crippen molar-refractivity contribution in [3.05, 3.63) is 11.6 Å². The summed E-state index contributed by atoms with van der Waals surface area (Å²) in [5.74, 6) is -0.471. The lowest BCUT2D eigenvalue weighted by Gasteiger charge is -2.58. The first-order chi connectivity index (χ1) is 12.1. The number of allylic oxidation sites excluding steroid dienone is 2. The van der Waals surface area contributed by atoms with E-state index in [1.165, 1.54) is 0 Å². The first-order valence-corrected chi connectivity index (χ1v) is 9.56. The van der Waals surface area contributed by atoms with Crippen molar-refractivity contribution in [1.82, 2.24) is 0 Å². The third-order valence-corrected chi connectivity index (χ3v) is 7.92. The maximum absolute atomic E-state index is 13.0. The number of ether oxygens (including phenoxy) is 1. The zero-order valence-electron chi connectivity index (χ0n) is 16.1. The number of carbonyl (C=O) groups is 1. The molecule has 26 heavy (non-hydrogen) atoms. The fourth-order valence-electron chi connectivity index (χ4n) is 5.57. The summed E-state index contributed by atoms with van der Waals surface area (Å²) in [6, 6.07) is 0. The maximum Gasteiger partial charge on any atom is 0.171 e. The average Bonchev–Trinajstić information content (AvgIpc) is 3.42. The van der Waals surface area contributed by atoms with Crippen molar-refractivity contribution in [2.75, 3.05) is 13.2 Å². The predicted molar refractivity (Wildman–Crippen MR) is 95.3 cm³/mol. The molecule has 0 bridgehead atoms. The summed E-state index contributed by atoms with van der Waals surface area (Å²) in [6.07, 6.45) is 0.843. The highest BCUT2D eigenvalue weighted by atomic mass is 16.6. The summed E-state index contributed by atoms with van der Waals surface area (Å²) < 4.78 is 5.36. The molecule has 3 aliphatic rings. The Hall–Kier alpha value is -0.790. The molecule has 0 aromatic carbocycles. The molecule has 4 N–H and O–H groups in total. The van der Waals surface area contributed by atoms with E-state index in [-0.39, 0.29) is 24.2 Å². The minimum absolute atomic E-state index is 0.0115. The number of hydrogen-bond donors (Lipinski definition) is 4. The van der Waals surface area contributed by atoms with E-state index >= 15 is 0 Å². The van der Waals surface area contributed by atoms with Gasteiger partial charge in [0.1, 0.15) is 17.8 Å². The van der Waals surface area contributed by atoms with Gasteiger partial charge in [-0.2, -0.15) is 0 Å². The second-order valence-electron chi connectivity index (χ2n) is 8.98. The molecule has 0 radical (unpaired) electrons. The molecular formula is C20H32O6. The van der Waals surface area contributed by atoms with Gasteiger partial charge in [-0.1, -0.05) is 25.5 Å². The van der Waals surface area contributed by atoms with E-state index in [1.807, 2.05) is 27.7 Å². The van der Waals surface area contributed by atoms with Crippen molar-refractivity contribution in [2.45, 2.75) is 70.9 Å². The van der Waals surface area contributed by atoms with Crippen molar-refractivity contribution in [3.8, 4) is 0 Å². The van der Waals surface area contributed by atoms with E-state index in [4.69, 9.17) is 4.74 Å². The minimum Gasteiger partial charge on any atom is -0.394 e. The second kappa shape index (κ2) is 6.38. The Balaban J connectivity index is 1.96. The highest BCUT2D eigenvalue weighted by Crippen LogP contribution is 2.61. The number of ketones is 1. The maximum atomic E-state index is 13.0. The minimum atomic E-state index is -1.15. The Kier molecular flexibility index (Phi) is 4.90. The number of epoxide rings is 1. The van der Waals surface area contributed by atoms with Crippen LogP contribution in [0.5, 0.6) is 0 Å². The standard InChI is InChI=1S/C20H32O6/c1-11-6-5-7-13-18(3,12(2)16(24)17(25)19(11,13)4)8-14(22)20(10-26-20)15(23)9-21/h6,12-16,21-24H,5,7-10H2,1-4H3. The molecule has 3 rings (SSSR count). The molecule has 1 aliphatic heterocycles. The summed E-state index contributed by atoms with van der Waals surface area (Å²) in [4.78, 5) is 13.0. The molecule has 6 nitrogen and oxygen atoms in total. The molecule has 8 atom stereocenters. The number of aliphatic hydroxyl groups excluding tert-OH is 4. The molecule has 0 aromatic rings. The summed E-state index contributed by atoms with van der Waals surface area (Å²) in [5.41, 5.74) is -1.41. The van der Waals surface area contributed by atoms with Gasteiger partial charge >= 0.3 is 0 Å². The molecule has 2 fully saturated rings. The fraction of sp³-hybridized carbons (Fsp3) is 0.850. The molecule has 148 valence electrons. The number of Topliss-reactive ketones (excluding diaryl/α,β-unsaturated/α-hetero) is 1. The van der Waals surface area contributed by atoms with Crippen molar-refractivity contribution in [2.24, 2.45) is 22.7 Å². The van der Waals surface area contributed by atoms with Crippen LogP contribution in [0.4, 0.5) is 0 Å². The topological polar surface area (TPSA) is 111 Å². The third-order valence-electron chi connectivity index (χ3n) is 7.92. The first-order valence-electron chi connectivity index (χ1n) is 9.56. The molecule has 0 amide bonds. The summed E-state index contributed by atoms with van der Waals surface area (Å²) in [6.45, 7) is 7.47. The monoisotopic (exact) mass is 368 g/mol. The molecule has 8 unspecified atom stereocenters. The molecule has 1 heterocycles. The van der Waals surface area contributed by atoms with E-state index in [1.54, 1.807) is 0 Å². The van der Waals surface area contributed by atoms with Gasteiger partial charge in [0.2, 0.25) is 0 Å². The van der Waals surface area contributed by atoms with Gasteiger partial charge in [0, 0.05) is 0 Å². The van der Waals surface area contributed by atoms with Crippen LogP contribution in [-0.4, -0.2) is 63.3 Å². The summed E-state index contributed by atoms with van der Waals surface area (Å²) >= 11 is 0. The number of fused-ring (bicyclic) bond motifs is 1. The van der Waals surface area contributed by atoms with Crippen LogP contribution in [0.1, 0.15) is 47.0 Å². The average molecular weight is 368 g/mol. The van der Waals surface area contributed by atoms with Crippen LogP contribution in [0.25, 0.3) is 0 Å². The first kappa shape index (κ1) is 20.0. The Bertz CT molecular complexity index is 611. The Labute approximate surface area is 154 Å². The predicted octanol–water partition coefficient (Wildman–Crippen LogP) is 0.808. The number of rotatable bonds is 5. The van der Waals surface area contributed by atoms with Crippen LogP contribution >= 0.6 is 0 Å². The third kappa shape index (κ3) is 2.53. The van der Waals surface area contributed by atoms with Crippen LogP contribution < -0.4 is 0 Å². The summed E-state index contributed by atoms with van der Waals surface area (Å²) in [5, 5.41) is 41.0. The molecule has 0 spiro atoms. The van der Waals surface area contributed by atoms with Crippen LogP contribution in [-0.2, 0) is 9.53 Å². The number of aliphatic hydroxyl groups is 4. The fourth-order valence-corrected chi connectivity index (χ4v) is 5.57. The van der Waals surface area contributed by atoms with Gasteiger partial charge < -0.3 is 25.2 Å². The molecule has 2 aliphatic carbocycles.